The lowest BCUT2D eigenvalue weighted by molar-refractivity contribution is -0.161. The van der Waals surface area contributed by atoms with Crippen molar-refractivity contribution in [3.05, 3.63) is 81.7 Å². The van der Waals surface area contributed by atoms with Crippen molar-refractivity contribution in [1.29, 1.82) is 0 Å². The second kappa shape index (κ2) is 21.0. The van der Waals surface area contributed by atoms with Crippen LogP contribution in [0.5, 0.6) is 0 Å². The number of carbonyl (C=O) groups is 5. The standard InChI is InChI=1S/C37H45Cl2N3O12S/c1-24(33(44)25-11-9-12-26(38)19-25)42(37(2,3)4)36(47)54-23-53-35(46)31(43)14-18-50-15-7-5-6-8-16-52-34(45)28-20-32(55(40,48)49)29(39)21-30(28)41-22-27-13-10-17-51-27/h9-13,17,19-21,24,41H,5-8,14-16,18,22-23H2,1-4H3,(H2,40,48,49). The van der Waals surface area contributed by atoms with Gasteiger partial charge in [0.15, 0.2) is 5.78 Å². The number of carbonyl (C=O) groups excluding carboxylic acids is 5. The fourth-order valence-corrected chi connectivity index (χ4v) is 6.54. The number of unbranched alkanes of at least 4 members (excludes halogenated alkanes) is 3. The SMILES string of the molecule is CC(C(=O)c1cccc(Cl)c1)N(C(=O)OCOC(=O)C(=O)CCOCCCCCCOC(=O)c1cc(S(N)(=O)=O)c(Cl)cc1NCc1ccco1)C(C)(C)C. The molecule has 1 aromatic heterocycles. The summed E-state index contributed by atoms with van der Waals surface area (Å²) in [6.45, 7) is 6.38. The number of hydrogen-bond acceptors (Lipinski definition) is 13. The van der Waals surface area contributed by atoms with E-state index >= 15 is 0 Å². The van der Waals surface area contributed by atoms with Gasteiger partial charge in [-0.25, -0.2) is 27.9 Å². The fraction of sp³-hybridized carbons (Fsp3) is 0.432. The zero-order valence-electron chi connectivity index (χ0n) is 30.9. The van der Waals surface area contributed by atoms with Gasteiger partial charge in [0.05, 0.1) is 48.3 Å². The highest BCUT2D eigenvalue weighted by atomic mass is 35.5. The summed E-state index contributed by atoms with van der Waals surface area (Å²) in [6.07, 6.45) is 2.84. The number of furan rings is 1. The van der Waals surface area contributed by atoms with Crippen LogP contribution in [0.2, 0.25) is 10.0 Å². The molecule has 0 spiro atoms. The topological polar surface area (TPSA) is 211 Å². The molecule has 0 aliphatic carbocycles. The molecule has 0 fully saturated rings. The van der Waals surface area contributed by atoms with Crippen LogP contribution in [0.4, 0.5) is 10.5 Å². The highest BCUT2D eigenvalue weighted by molar-refractivity contribution is 7.89. The lowest BCUT2D eigenvalue weighted by atomic mass is 9.98. The van der Waals surface area contributed by atoms with Gasteiger partial charge >= 0.3 is 18.0 Å². The summed E-state index contributed by atoms with van der Waals surface area (Å²) in [4.78, 5) is 64.0. The monoisotopic (exact) mass is 825 g/mol. The van der Waals surface area contributed by atoms with E-state index in [1.807, 2.05) is 0 Å². The predicted octanol–water partition coefficient (Wildman–Crippen LogP) is 6.55. The summed E-state index contributed by atoms with van der Waals surface area (Å²) in [7, 11) is -4.21. The van der Waals surface area contributed by atoms with Gasteiger partial charge in [-0.3, -0.25) is 14.5 Å². The van der Waals surface area contributed by atoms with E-state index in [1.54, 1.807) is 58.0 Å². The van der Waals surface area contributed by atoms with Crippen LogP contribution < -0.4 is 10.5 Å². The van der Waals surface area contributed by atoms with Crippen molar-refractivity contribution in [1.82, 2.24) is 4.90 Å². The molecule has 1 atom stereocenters. The Morgan fingerprint density at radius 1 is 0.909 bits per heavy atom. The third-order valence-corrected chi connectivity index (χ3v) is 9.53. The van der Waals surface area contributed by atoms with Crippen LogP contribution in [-0.2, 0) is 45.1 Å². The first kappa shape index (κ1) is 44.9. The highest BCUT2D eigenvalue weighted by Crippen LogP contribution is 2.29. The summed E-state index contributed by atoms with van der Waals surface area (Å²) >= 11 is 12.1. The number of nitrogens with two attached hydrogens (primary N) is 1. The Kier molecular flexibility index (Phi) is 17.1. The Bertz CT molecular complexity index is 1910. The normalized spacial score (nSPS) is 12.1. The predicted molar refractivity (Wildman–Crippen MR) is 202 cm³/mol. The van der Waals surface area contributed by atoms with Gasteiger partial charge in [0.25, 0.3) is 0 Å². The van der Waals surface area contributed by atoms with Gasteiger partial charge in [0.2, 0.25) is 22.6 Å². The van der Waals surface area contributed by atoms with E-state index in [9.17, 15) is 32.4 Å². The molecular formula is C37H45Cl2N3O12S. The van der Waals surface area contributed by atoms with Gasteiger partial charge in [-0.15, -0.1) is 0 Å². The number of anilines is 1. The van der Waals surface area contributed by atoms with Gasteiger partial charge in [0.1, 0.15) is 10.7 Å². The smallest absolute Gasteiger partial charge is 0.413 e. The fourth-order valence-electron chi connectivity index (χ4n) is 5.25. The van der Waals surface area contributed by atoms with Crippen LogP contribution in [0, 0.1) is 0 Å². The maximum absolute atomic E-state index is 13.1. The molecule has 0 aliphatic heterocycles. The number of nitrogens with zero attached hydrogens (tertiary/aromatic N) is 1. The third-order valence-electron chi connectivity index (χ3n) is 7.92. The van der Waals surface area contributed by atoms with E-state index in [1.165, 1.54) is 23.3 Å². The molecule has 3 N–H and O–H groups in total. The average Bonchev–Trinajstić information content (AvgIpc) is 3.63. The summed E-state index contributed by atoms with van der Waals surface area (Å²) in [5.74, 6) is -2.63. The van der Waals surface area contributed by atoms with Gasteiger partial charge in [0, 0.05) is 29.2 Å². The van der Waals surface area contributed by atoms with Crippen LogP contribution in [0.25, 0.3) is 0 Å². The molecular weight excluding hydrogens is 781 g/mol. The number of primary sulfonamides is 1. The van der Waals surface area contributed by atoms with Crippen molar-refractivity contribution >= 4 is 68.5 Å². The van der Waals surface area contributed by atoms with Crippen molar-refractivity contribution in [3.8, 4) is 0 Å². The minimum atomic E-state index is -4.21. The maximum Gasteiger partial charge on any atom is 0.413 e. The van der Waals surface area contributed by atoms with E-state index in [4.69, 9.17) is 51.7 Å². The summed E-state index contributed by atoms with van der Waals surface area (Å²) in [6, 6.07) is 11.1. The molecule has 55 heavy (non-hydrogen) atoms. The number of sulfonamides is 1. The number of halogens is 2. The molecule has 0 bridgehead atoms. The number of ether oxygens (including phenoxy) is 4. The lowest BCUT2D eigenvalue weighted by Gasteiger charge is -2.38. The molecule has 3 rings (SSSR count). The van der Waals surface area contributed by atoms with Gasteiger partial charge in [-0.05, 0) is 83.4 Å². The number of amides is 1. The van der Waals surface area contributed by atoms with Crippen molar-refractivity contribution in [2.45, 2.75) is 82.8 Å². The number of esters is 2. The Morgan fingerprint density at radius 2 is 1.62 bits per heavy atom. The zero-order valence-corrected chi connectivity index (χ0v) is 33.3. The molecule has 1 unspecified atom stereocenters. The van der Waals surface area contributed by atoms with Crippen LogP contribution in [0.15, 0.2) is 64.1 Å². The first-order valence-corrected chi connectivity index (χ1v) is 19.5. The first-order chi connectivity index (χ1) is 25.9. The third kappa shape index (κ3) is 14.3. The number of rotatable bonds is 21. The molecule has 2 aromatic carbocycles. The number of Topliss-reactive ketones (excluding diaryl/α,β-unsaturated/α-hetero) is 2. The van der Waals surface area contributed by atoms with E-state index in [2.05, 4.69) is 5.32 Å². The van der Waals surface area contributed by atoms with E-state index in [0.29, 0.717) is 48.6 Å². The molecule has 0 saturated carbocycles. The van der Waals surface area contributed by atoms with Crippen molar-refractivity contribution in [2.75, 3.05) is 31.9 Å². The van der Waals surface area contributed by atoms with Crippen molar-refractivity contribution in [3.63, 3.8) is 0 Å². The number of benzene rings is 2. The van der Waals surface area contributed by atoms with Gasteiger partial charge in [-0.1, -0.05) is 41.8 Å². The van der Waals surface area contributed by atoms with Crippen LogP contribution in [0.1, 0.15) is 86.3 Å². The molecule has 18 heteroatoms. The lowest BCUT2D eigenvalue weighted by Crippen LogP contribution is -2.53. The van der Waals surface area contributed by atoms with Gasteiger partial charge < -0.3 is 28.7 Å². The van der Waals surface area contributed by atoms with Crippen molar-refractivity contribution < 1.29 is 55.8 Å². The van der Waals surface area contributed by atoms with E-state index in [0.717, 1.165) is 6.07 Å². The summed E-state index contributed by atoms with van der Waals surface area (Å²) in [5, 5.41) is 8.45. The largest absolute Gasteiger partial charge is 0.467 e. The molecule has 0 saturated heterocycles. The number of hydrogen-bond donors (Lipinski definition) is 2. The molecule has 1 heterocycles. The Balaban J connectivity index is 1.32. The molecule has 3 aromatic rings. The van der Waals surface area contributed by atoms with Crippen molar-refractivity contribution in [2.24, 2.45) is 5.14 Å². The van der Waals surface area contributed by atoms with E-state index < -0.39 is 57.1 Å². The van der Waals surface area contributed by atoms with Crippen LogP contribution in [-0.4, -0.2) is 81.1 Å². The van der Waals surface area contributed by atoms with E-state index in [-0.39, 0.29) is 48.2 Å². The molecule has 15 nitrogen and oxygen atoms in total. The van der Waals surface area contributed by atoms with Gasteiger partial charge in [-0.2, -0.15) is 0 Å². The second-order valence-electron chi connectivity index (χ2n) is 13.2. The summed E-state index contributed by atoms with van der Waals surface area (Å²) < 4.78 is 50.0. The Labute approximate surface area is 329 Å². The highest BCUT2D eigenvalue weighted by Gasteiger charge is 2.36. The minimum absolute atomic E-state index is 0.0375. The Morgan fingerprint density at radius 3 is 2.25 bits per heavy atom. The second-order valence-corrected chi connectivity index (χ2v) is 15.6. The number of ketones is 2. The first-order valence-electron chi connectivity index (χ1n) is 17.2. The summed E-state index contributed by atoms with van der Waals surface area (Å²) in [5.41, 5.74) is -0.357. The zero-order chi connectivity index (χ0) is 40.8. The molecule has 300 valence electrons. The minimum Gasteiger partial charge on any atom is -0.467 e. The Hall–Kier alpha value is -4.48. The quantitative estimate of drug-likeness (QED) is 0.0384. The van der Waals surface area contributed by atoms with Crippen LogP contribution in [0.3, 0.4) is 0 Å². The average molecular weight is 827 g/mol. The number of nitrogens with one attached hydrogen (secondary N) is 1. The molecule has 1 amide bonds. The molecule has 0 radical (unpaired) electrons. The molecule has 0 aliphatic rings. The maximum atomic E-state index is 13.1. The van der Waals surface area contributed by atoms with Crippen LogP contribution >= 0.6 is 23.2 Å².